The molecule has 0 saturated carbocycles. The van der Waals surface area contributed by atoms with Gasteiger partial charge in [-0.05, 0) is 30.4 Å². The molecule has 116 valence electrons. The molecule has 1 aromatic carbocycles. The van der Waals surface area contributed by atoms with Gasteiger partial charge >= 0.3 is 0 Å². The van der Waals surface area contributed by atoms with E-state index in [1.165, 1.54) is 5.56 Å². The summed E-state index contributed by atoms with van der Waals surface area (Å²) in [4.78, 5) is 14.7. The number of carbonyl (C=O) groups is 1. The number of thioether (sulfide) groups is 1. The van der Waals surface area contributed by atoms with Crippen LogP contribution in [-0.4, -0.2) is 35.4 Å². The molecular formula is C17H26N2OS. The second-order valence-corrected chi connectivity index (χ2v) is 6.54. The van der Waals surface area contributed by atoms with Crippen molar-refractivity contribution in [3.8, 4) is 0 Å². The molecule has 21 heavy (non-hydrogen) atoms. The molecule has 2 rings (SSSR count). The fourth-order valence-electron chi connectivity index (χ4n) is 2.82. The van der Waals surface area contributed by atoms with Gasteiger partial charge in [0.2, 0.25) is 5.91 Å². The minimum atomic E-state index is -0.00978. The Balaban J connectivity index is 2.09. The van der Waals surface area contributed by atoms with Gasteiger partial charge in [-0.25, -0.2) is 0 Å². The van der Waals surface area contributed by atoms with Crippen molar-refractivity contribution in [2.24, 2.45) is 0 Å². The number of rotatable bonds is 8. The number of hydrogen-bond donors (Lipinski definition) is 1. The van der Waals surface area contributed by atoms with E-state index >= 15 is 0 Å². The van der Waals surface area contributed by atoms with Gasteiger partial charge in [-0.2, -0.15) is 11.8 Å². The van der Waals surface area contributed by atoms with Crippen LogP contribution >= 0.6 is 11.8 Å². The zero-order chi connectivity index (χ0) is 15.1. The zero-order valence-electron chi connectivity index (χ0n) is 13.0. The lowest BCUT2D eigenvalue weighted by molar-refractivity contribution is -0.130. The first-order valence-electron chi connectivity index (χ1n) is 7.88. The fourth-order valence-corrected chi connectivity index (χ4v) is 3.24. The second kappa shape index (κ2) is 8.44. The lowest BCUT2D eigenvalue weighted by atomic mass is 10.1. The molecule has 0 aliphatic carbocycles. The average Bonchev–Trinajstić information content (AvgIpc) is 2.83. The van der Waals surface area contributed by atoms with E-state index in [1.54, 1.807) is 0 Å². The molecule has 1 N–H and O–H groups in total. The van der Waals surface area contributed by atoms with Gasteiger partial charge in [-0.1, -0.05) is 50.1 Å². The van der Waals surface area contributed by atoms with Crippen LogP contribution in [0.25, 0.3) is 0 Å². The van der Waals surface area contributed by atoms with E-state index in [0.717, 1.165) is 38.0 Å². The fraction of sp³-hybridized carbons (Fsp3) is 0.588. The molecule has 2 atom stereocenters. The summed E-state index contributed by atoms with van der Waals surface area (Å²) in [6.45, 7) is 3.01. The topological polar surface area (TPSA) is 32.3 Å². The first-order valence-corrected chi connectivity index (χ1v) is 9.27. The van der Waals surface area contributed by atoms with Crippen molar-refractivity contribution >= 4 is 17.7 Å². The summed E-state index contributed by atoms with van der Waals surface area (Å²) < 4.78 is 0. The first kappa shape index (κ1) is 16.4. The quantitative estimate of drug-likeness (QED) is 0.747. The summed E-state index contributed by atoms with van der Waals surface area (Å²) in [5.74, 6) is 1.38. The van der Waals surface area contributed by atoms with Crippen LogP contribution in [0.1, 0.15) is 44.3 Å². The molecular weight excluding hydrogens is 280 g/mol. The minimum Gasteiger partial charge on any atom is -0.322 e. The highest BCUT2D eigenvalue weighted by Crippen LogP contribution is 2.27. The highest BCUT2D eigenvalue weighted by Gasteiger charge is 2.38. The van der Waals surface area contributed by atoms with Crippen LogP contribution in [0.4, 0.5) is 0 Å². The van der Waals surface area contributed by atoms with Crippen LogP contribution in [0.3, 0.4) is 0 Å². The standard InChI is InChI=1S/C17H26N2OS/c1-3-4-11-15-17(20)19(12-8-13-21-2)16(18-15)14-9-6-5-7-10-14/h5-7,9-10,15-16,18H,3-4,8,11-13H2,1-2H3. The third-order valence-corrected chi connectivity index (χ3v) is 4.66. The number of hydrogen-bond acceptors (Lipinski definition) is 3. The summed E-state index contributed by atoms with van der Waals surface area (Å²) in [5, 5.41) is 3.54. The molecule has 0 radical (unpaired) electrons. The smallest absolute Gasteiger partial charge is 0.241 e. The summed E-state index contributed by atoms with van der Waals surface area (Å²) in [5.41, 5.74) is 1.19. The van der Waals surface area contributed by atoms with Crippen LogP contribution in [0.2, 0.25) is 0 Å². The molecule has 1 fully saturated rings. The average molecular weight is 306 g/mol. The Morgan fingerprint density at radius 1 is 1.24 bits per heavy atom. The van der Waals surface area contributed by atoms with Crippen molar-refractivity contribution < 1.29 is 4.79 Å². The van der Waals surface area contributed by atoms with Gasteiger partial charge < -0.3 is 4.90 Å². The van der Waals surface area contributed by atoms with Crippen molar-refractivity contribution in [3.63, 3.8) is 0 Å². The Bertz CT molecular complexity index is 438. The number of nitrogens with zero attached hydrogens (tertiary/aromatic N) is 1. The molecule has 3 nitrogen and oxygen atoms in total. The SMILES string of the molecule is CCCCC1NC(c2ccccc2)N(CCCSC)C1=O. The Labute approximate surface area is 132 Å². The molecule has 0 bridgehead atoms. The van der Waals surface area contributed by atoms with Gasteiger partial charge in [0.25, 0.3) is 0 Å². The van der Waals surface area contributed by atoms with Crippen LogP contribution in [0, 0.1) is 0 Å². The normalized spacial score (nSPS) is 22.0. The van der Waals surface area contributed by atoms with Gasteiger partial charge in [-0.15, -0.1) is 0 Å². The van der Waals surface area contributed by atoms with E-state index in [9.17, 15) is 4.79 Å². The van der Waals surface area contributed by atoms with Crippen LogP contribution in [-0.2, 0) is 4.79 Å². The minimum absolute atomic E-state index is 0.00978. The van der Waals surface area contributed by atoms with Crippen LogP contribution in [0.15, 0.2) is 30.3 Å². The summed E-state index contributed by atoms with van der Waals surface area (Å²) >= 11 is 1.84. The number of unbranched alkanes of at least 4 members (excludes halogenated alkanes) is 1. The van der Waals surface area contributed by atoms with Gasteiger partial charge in [0.1, 0.15) is 6.17 Å². The van der Waals surface area contributed by atoms with E-state index in [4.69, 9.17) is 0 Å². The monoisotopic (exact) mass is 306 g/mol. The van der Waals surface area contributed by atoms with E-state index < -0.39 is 0 Å². The van der Waals surface area contributed by atoms with E-state index in [-0.39, 0.29) is 18.1 Å². The maximum absolute atomic E-state index is 12.6. The highest BCUT2D eigenvalue weighted by molar-refractivity contribution is 7.98. The van der Waals surface area contributed by atoms with Gasteiger partial charge in [0.05, 0.1) is 6.04 Å². The van der Waals surface area contributed by atoms with Crippen molar-refractivity contribution in [2.45, 2.75) is 44.8 Å². The predicted molar refractivity (Wildman–Crippen MR) is 90.3 cm³/mol. The van der Waals surface area contributed by atoms with Crippen molar-refractivity contribution in [1.82, 2.24) is 10.2 Å². The number of nitrogens with one attached hydrogen (secondary N) is 1. The first-order chi connectivity index (χ1) is 10.3. The number of carbonyl (C=O) groups excluding carboxylic acids is 1. The third-order valence-electron chi connectivity index (χ3n) is 3.96. The Morgan fingerprint density at radius 3 is 2.67 bits per heavy atom. The molecule has 0 spiro atoms. The van der Waals surface area contributed by atoms with Crippen LogP contribution in [0.5, 0.6) is 0 Å². The molecule has 1 aromatic rings. The van der Waals surface area contributed by atoms with Gasteiger partial charge in [0, 0.05) is 6.54 Å². The maximum atomic E-state index is 12.6. The van der Waals surface area contributed by atoms with E-state index in [0.29, 0.717) is 0 Å². The third kappa shape index (κ3) is 4.24. The summed E-state index contributed by atoms with van der Waals surface area (Å²) in [7, 11) is 0. The predicted octanol–water partition coefficient (Wildman–Crippen LogP) is 3.43. The second-order valence-electron chi connectivity index (χ2n) is 5.55. The molecule has 1 amide bonds. The summed E-state index contributed by atoms with van der Waals surface area (Å²) in [6, 6.07) is 10.3. The van der Waals surface area contributed by atoms with E-state index in [2.05, 4.69) is 30.6 Å². The summed E-state index contributed by atoms with van der Waals surface area (Å²) in [6.07, 6.45) is 6.39. The molecule has 4 heteroatoms. The van der Waals surface area contributed by atoms with Crippen LogP contribution < -0.4 is 5.32 Å². The molecule has 1 saturated heterocycles. The Kier molecular flexibility index (Phi) is 6.58. The zero-order valence-corrected chi connectivity index (χ0v) is 13.9. The Hall–Kier alpha value is -1.00. The Morgan fingerprint density at radius 2 is 2.00 bits per heavy atom. The molecule has 2 unspecified atom stereocenters. The number of amides is 1. The van der Waals surface area contributed by atoms with Gasteiger partial charge in [-0.3, -0.25) is 10.1 Å². The number of benzene rings is 1. The molecule has 1 aliphatic rings. The van der Waals surface area contributed by atoms with Crippen molar-refractivity contribution in [1.29, 1.82) is 0 Å². The lowest BCUT2D eigenvalue weighted by Gasteiger charge is -2.24. The molecule has 1 heterocycles. The highest BCUT2D eigenvalue weighted by atomic mass is 32.2. The molecule has 0 aromatic heterocycles. The van der Waals surface area contributed by atoms with Crippen molar-refractivity contribution in [2.75, 3.05) is 18.6 Å². The van der Waals surface area contributed by atoms with Crippen molar-refractivity contribution in [3.05, 3.63) is 35.9 Å². The van der Waals surface area contributed by atoms with E-state index in [1.807, 2.05) is 34.9 Å². The largest absolute Gasteiger partial charge is 0.322 e. The lowest BCUT2D eigenvalue weighted by Crippen LogP contribution is -2.32. The molecule has 1 aliphatic heterocycles. The maximum Gasteiger partial charge on any atom is 0.241 e. The van der Waals surface area contributed by atoms with Gasteiger partial charge in [0.15, 0.2) is 0 Å².